The Labute approximate surface area is 211 Å². The van der Waals surface area contributed by atoms with Crippen LogP contribution in [0.2, 0.25) is 7.96 Å². The van der Waals surface area contributed by atoms with Crippen molar-refractivity contribution < 1.29 is 19.8 Å². The molecule has 0 saturated heterocycles. The number of unbranched alkanes of at least 4 members (excludes halogenated alkanes) is 2. The van der Waals surface area contributed by atoms with E-state index in [0.717, 1.165) is 38.8 Å². The Morgan fingerprint density at radius 3 is 1.33 bits per heavy atom. The summed E-state index contributed by atoms with van der Waals surface area (Å²) in [5.41, 5.74) is 2.08. The van der Waals surface area contributed by atoms with E-state index in [1.165, 1.54) is 7.96 Å². The molecule has 6 nitrogen and oxygen atoms in total. The van der Waals surface area contributed by atoms with Crippen molar-refractivity contribution in [2.75, 3.05) is 23.7 Å². The van der Waals surface area contributed by atoms with Crippen LogP contribution in [0, 0.1) is 0 Å². The van der Waals surface area contributed by atoms with Crippen LogP contribution in [0.4, 0.5) is 11.4 Å². The maximum absolute atomic E-state index is 10.8. The number of anilines is 2. The van der Waals surface area contributed by atoms with E-state index in [1.54, 1.807) is 36.4 Å². The first-order valence-electron chi connectivity index (χ1n) is 11.8. The van der Waals surface area contributed by atoms with E-state index in [-0.39, 0.29) is 24.2 Å². The van der Waals surface area contributed by atoms with Gasteiger partial charge in [-0.1, -0.05) is 51.0 Å². The number of nitrogens with one attached hydrogen (secondary N) is 2. The molecule has 0 spiro atoms. The summed E-state index contributed by atoms with van der Waals surface area (Å²) in [5, 5.41) is 24.0. The Morgan fingerprint density at radius 2 is 1.06 bits per heavy atom. The number of hydrogen-bond acceptors (Lipinski definition) is 4. The molecule has 2 rings (SSSR count). The Balaban J connectivity index is 0.000000517. The van der Waals surface area contributed by atoms with Crippen molar-refractivity contribution in [2.24, 2.45) is 0 Å². The van der Waals surface area contributed by atoms with Crippen LogP contribution < -0.4 is 10.6 Å². The molecule has 0 saturated carbocycles. The molecule has 0 aliphatic heterocycles. The van der Waals surface area contributed by atoms with E-state index in [9.17, 15) is 9.59 Å². The maximum atomic E-state index is 10.8. The van der Waals surface area contributed by atoms with E-state index in [2.05, 4.69) is 38.3 Å². The van der Waals surface area contributed by atoms with Crippen molar-refractivity contribution in [3.63, 3.8) is 0 Å². The van der Waals surface area contributed by atoms with E-state index >= 15 is 0 Å². The molecule has 0 fully saturated rings. The van der Waals surface area contributed by atoms with Crippen LogP contribution in [-0.2, 0) is 0 Å². The fourth-order valence-corrected chi connectivity index (χ4v) is 4.64. The molecule has 182 valence electrons. The first-order valence-corrected chi connectivity index (χ1v) is 17.3. The fourth-order valence-electron chi connectivity index (χ4n) is 2.70. The SMILES string of the molecule is CCCCNc1ccccc1C(=O)O.CCCCNc1ccccc1C(=O)O.C[CH2][Pb][CH2]C. The van der Waals surface area contributed by atoms with Gasteiger partial charge in [-0.15, -0.1) is 0 Å². The van der Waals surface area contributed by atoms with Crippen molar-refractivity contribution in [3.8, 4) is 0 Å². The summed E-state index contributed by atoms with van der Waals surface area (Å²) in [6.07, 6.45) is 4.30. The molecule has 0 aliphatic rings. The third kappa shape index (κ3) is 14.6. The van der Waals surface area contributed by atoms with E-state index < -0.39 is 11.9 Å². The van der Waals surface area contributed by atoms with Gasteiger partial charge in [-0.25, -0.2) is 9.59 Å². The molecule has 4 N–H and O–H groups in total. The van der Waals surface area contributed by atoms with Crippen LogP contribution in [0.5, 0.6) is 0 Å². The minimum atomic E-state index is -0.885. The minimum absolute atomic E-state index is 0.0494. The zero-order valence-corrected chi connectivity index (χ0v) is 24.4. The summed E-state index contributed by atoms with van der Waals surface area (Å²) < 4.78 is 3.08. The summed E-state index contributed by atoms with van der Waals surface area (Å²) in [4.78, 5) is 21.6. The van der Waals surface area contributed by atoms with Crippen LogP contribution in [0.1, 0.15) is 74.1 Å². The molecule has 0 amide bonds. The Bertz CT molecular complexity index is 734. The summed E-state index contributed by atoms with van der Waals surface area (Å²) >= 11 is 0.0494. The topological polar surface area (TPSA) is 98.7 Å². The standard InChI is InChI=1S/2C11H15NO2.2C2H5.Pb/c2*1-2-3-8-12-10-7-5-4-6-9(10)11(13)14;2*1-2;/h2*4-7,12H,2-3,8H2,1H3,(H,13,14);2*1H2,2H3;. The molecule has 0 aliphatic carbocycles. The normalized spacial score (nSPS) is 9.58. The molecule has 2 radical (unpaired) electrons. The number of carboxylic acid groups (broad SMARTS) is 2. The second-order valence-electron chi connectivity index (χ2n) is 7.22. The third-order valence-electron chi connectivity index (χ3n) is 4.51. The molecule has 2 aromatic carbocycles. The molecule has 7 heteroatoms. The molecular weight excluding hydrogens is 611 g/mol. The molecule has 0 unspecified atom stereocenters. The fraction of sp³-hybridized carbons (Fsp3) is 0.462. The van der Waals surface area contributed by atoms with Gasteiger partial charge in [0.05, 0.1) is 11.1 Å². The first kappa shape index (κ1) is 30.9. The Morgan fingerprint density at radius 1 is 0.697 bits per heavy atom. The van der Waals surface area contributed by atoms with Gasteiger partial charge in [0.2, 0.25) is 0 Å². The molecule has 2 aromatic rings. The molecule has 0 aromatic heterocycles. The van der Waals surface area contributed by atoms with Crippen molar-refractivity contribution in [1.29, 1.82) is 0 Å². The van der Waals surface area contributed by atoms with Gasteiger partial charge in [0.15, 0.2) is 0 Å². The predicted molar refractivity (Wildman–Crippen MR) is 140 cm³/mol. The number of hydrogen-bond donors (Lipinski definition) is 4. The monoisotopic (exact) mass is 652 g/mol. The summed E-state index contributed by atoms with van der Waals surface area (Å²) in [6.45, 7) is 10.4. The van der Waals surface area contributed by atoms with Crippen LogP contribution in [-0.4, -0.2) is 59.5 Å². The number of para-hydroxylation sites is 2. The number of carbonyl (C=O) groups is 2. The summed E-state index contributed by atoms with van der Waals surface area (Å²) in [5.74, 6) is -1.77. The van der Waals surface area contributed by atoms with Crippen molar-refractivity contribution in [1.82, 2.24) is 0 Å². The molecule has 33 heavy (non-hydrogen) atoms. The average molecular weight is 652 g/mol. The molecule has 0 bridgehead atoms. The second kappa shape index (κ2) is 20.5. The zero-order valence-electron chi connectivity index (χ0n) is 20.5. The number of carboxylic acids is 2. The van der Waals surface area contributed by atoms with Crippen molar-refractivity contribution in [3.05, 3.63) is 59.7 Å². The first-order chi connectivity index (χ1) is 15.9. The Kier molecular flexibility index (Phi) is 19.2. The third-order valence-corrected chi connectivity index (χ3v) is 8.39. The molecule has 0 heterocycles. The van der Waals surface area contributed by atoms with E-state index in [0.29, 0.717) is 22.5 Å². The zero-order chi connectivity index (χ0) is 24.9. The van der Waals surface area contributed by atoms with Gasteiger partial charge >= 0.3 is 58.0 Å². The van der Waals surface area contributed by atoms with E-state index in [1.807, 2.05) is 12.1 Å². The van der Waals surface area contributed by atoms with Crippen LogP contribution in [0.3, 0.4) is 0 Å². The predicted octanol–water partition coefficient (Wildman–Crippen LogP) is 6.76. The molecule has 0 atom stereocenters. The van der Waals surface area contributed by atoms with Crippen LogP contribution in [0.15, 0.2) is 48.5 Å². The number of rotatable bonds is 12. The quantitative estimate of drug-likeness (QED) is 0.150. The van der Waals surface area contributed by atoms with Gasteiger partial charge < -0.3 is 20.8 Å². The van der Waals surface area contributed by atoms with Gasteiger partial charge in [0, 0.05) is 24.5 Å². The number of aromatic carboxylic acids is 2. The van der Waals surface area contributed by atoms with E-state index in [4.69, 9.17) is 10.2 Å². The van der Waals surface area contributed by atoms with Crippen LogP contribution >= 0.6 is 0 Å². The van der Waals surface area contributed by atoms with Crippen molar-refractivity contribution >= 4 is 47.5 Å². The van der Waals surface area contributed by atoms with Gasteiger partial charge in [0.25, 0.3) is 0 Å². The average Bonchev–Trinajstić information content (AvgIpc) is 2.81. The summed E-state index contributed by atoms with van der Waals surface area (Å²) in [6, 6.07) is 13.9. The van der Waals surface area contributed by atoms with Gasteiger partial charge in [-0.3, -0.25) is 0 Å². The van der Waals surface area contributed by atoms with Gasteiger partial charge in [-0.2, -0.15) is 0 Å². The molecular formula is C26H40N2O4Pb. The second-order valence-corrected chi connectivity index (χ2v) is 14.7. The van der Waals surface area contributed by atoms with Crippen LogP contribution in [0.25, 0.3) is 0 Å². The van der Waals surface area contributed by atoms with Crippen molar-refractivity contribution in [2.45, 2.75) is 61.3 Å². The van der Waals surface area contributed by atoms with Gasteiger partial charge in [-0.05, 0) is 37.1 Å². The Hall–Kier alpha value is -2.10. The van der Waals surface area contributed by atoms with Gasteiger partial charge in [0.1, 0.15) is 0 Å². The number of benzene rings is 2. The summed E-state index contributed by atoms with van der Waals surface area (Å²) in [7, 11) is 0.